The van der Waals surface area contributed by atoms with Gasteiger partial charge in [-0.2, -0.15) is 5.10 Å². The molecule has 0 bridgehead atoms. The van der Waals surface area contributed by atoms with Crippen molar-refractivity contribution in [2.45, 2.75) is 25.7 Å². The summed E-state index contributed by atoms with van der Waals surface area (Å²) in [6.45, 7) is -1.52. The Morgan fingerprint density at radius 3 is 2.24 bits per heavy atom. The fourth-order valence-electron chi connectivity index (χ4n) is 4.35. The average molecular weight is 462 g/mol. The highest BCUT2D eigenvalue weighted by Gasteiger charge is 2.34. The van der Waals surface area contributed by atoms with Gasteiger partial charge in [-0.1, -0.05) is 0 Å². The third-order valence-electron chi connectivity index (χ3n) is 6.10. The monoisotopic (exact) mass is 461 g/mol. The van der Waals surface area contributed by atoms with Crippen molar-refractivity contribution < 1.29 is 21.9 Å². The van der Waals surface area contributed by atoms with Crippen LogP contribution in [0.15, 0.2) is 48.5 Å². The molecule has 1 aromatic heterocycles. The van der Waals surface area contributed by atoms with Gasteiger partial charge in [-0.3, -0.25) is 14.4 Å². The Labute approximate surface area is 199 Å². The standard InChI is InChI=1S/C25H25N5O4/c1-34-19-11-9-18(10-12-19)30-23-20(22(27-30)24(26)32)13-15-29(25(23)33)17-7-5-16(6-8-17)28-14-3-2-4-21(28)31/h5-12H,2-4,13-15H2,1H3,(H2,26,32)/i15D2. The van der Waals surface area contributed by atoms with Gasteiger partial charge in [0.2, 0.25) is 5.91 Å². The Hall–Kier alpha value is -4.14. The summed E-state index contributed by atoms with van der Waals surface area (Å²) >= 11 is 0. The van der Waals surface area contributed by atoms with Gasteiger partial charge >= 0.3 is 0 Å². The molecule has 0 spiro atoms. The molecule has 2 N–H and O–H groups in total. The highest BCUT2D eigenvalue weighted by molar-refractivity contribution is 6.09. The number of nitrogens with two attached hydrogens (primary N) is 1. The number of hydrogen-bond acceptors (Lipinski definition) is 5. The zero-order valence-corrected chi connectivity index (χ0v) is 18.7. The molecule has 0 atom stereocenters. The van der Waals surface area contributed by atoms with E-state index in [0.717, 1.165) is 17.7 Å². The van der Waals surface area contributed by atoms with Crippen LogP contribution in [0.4, 0.5) is 11.4 Å². The van der Waals surface area contributed by atoms with Gasteiger partial charge in [-0.05, 0) is 67.8 Å². The maximum atomic E-state index is 13.8. The lowest BCUT2D eigenvalue weighted by Gasteiger charge is -2.29. The topological polar surface area (TPSA) is 111 Å². The molecule has 5 rings (SSSR count). The van der Waals surface area contributed by atoms with Crippen LogP contribution in [0.1, 0.15) is 48.5 Å². The van der Waals surface area contributed by atoms with Crippen LogP contribution in [-0.4, -0.2) is 47.7 Å². The number of methoxy groups -OCH3 is 1. The van der Waals surface area contributed by atoms with Crippen LogP contribution in [0, 0.1) is 0 Å². The fraction of sp³-hybridized carbons (Fsp3) is 0.280. The number of hydrogen-bond donors (Lipinski definition) is 1. The van der Waals surface area contributed by atoms with Crippen molar-refractivity contribution in [1.29, 1.82) is 0 Å². The lowest BCUT2D eigenvalue weighted by atomic mass is 10.0. The molecule has 2 aliphatic heterocycles. The highest BCUT2D eigenvalue weighted by Crippen LogP contribution is 2.31. The number of ether oxygens (including phenoxy) is 1. The molecule has 2 aliphatic rings. The van der Waals surface area contributed by atoms with E-state index >= 15 is 0 Å². The molecule has 2 aromatic carbocycles. The number of amides is 3. The van der Waals surface area contributed by atoms with E-state index in [1.165, 1.54) is 11.8 Å². The number of piperidine rings is 1. The molecule has 174 valence electrons. The van der Waals surface area contributed by atoms with Crippen molar-refractivity contribution in [3.05, 3.63) is 65.5 Å². The first kappa shape index (κ1) is 19.3. The Morgan fingerprint density at radius 2 is 1.62 bits per heavy atom. The molecule has 0 aliphatic carbocycles. The van der Waals surface area contributed by atoms with Crippen molar-refractivity contribution >= 4 is 29.1 Å². The lowest BCUT2D eigenvalue weighted by molar-refractivity contribution is -0.119. The zero-order chi connectivity index (χ0) is 25.6. The van der Waals surface area contributed by atoms with Crippen LogP contribution in [0.2, 0.25) is 0 Å². The van der Waals surface area contributed by atoms with Crippen LogP contribution in [0.3, 0.4) is 0 Å². The fourth-order valence-corrected chi connectivity index (χ4v) is 4.35. The quantitative estimate of drug-likeness (QED) is 0.628. The van der Waals surface area contributed by atoms with E-state index in [1.54, 1.807) is 53.4 Å². The Bertz CT molecular complexity index is 1350. The summed E-state index contributed by atoms with van der Waals surface area (Å²) in [7, 11) is 1.53. The summed E-state index contributed by atoms with van der Waals surface area (Å²) in [6, 6.07) is 13.4. The maximum Gasteiger partial charge on any atom is 0.277 e. The predicted molar refractivity (Wildman–Crippen MR) is 127 cm³/mol. The smallest absolute Gasteiger partial charge is 0.277 e. The van der Waals surface area contributed by atoms with Gasteiger partial charge in [0.15, 0.2) is 5.69 Å². The van der Waals surface area contributed by atoms with Crippen LogP contribution >= 0.6 is 0 Å². The van der Waals surface area contributed by atoms with Crippen LogP contribution in [-0.2, 0) is 11.2 Å². The zero-order valence-electron chi connectivity index (χ0n) is 20.7. The average Bonchev–Trinajstić information content (AvgIpc) is 3.24. The minimum atomic E-state index is -2.15. The van der Waals surface area contributed by atoms with Gasteiger partial charge in [0.1, 0.15) is 11.4 Å². The number of anilines is 2. The number of carbonyl (C=O) groups is 3. The number of nitrogens with zero attached hydrogens (tertiary/aromatic N) is 4. The summed E-state index contributed by atoms with van der Waals surface area (Å²) in [5, 5.41) is 4.29. The van der Waals surface area contributed by atoms with Gasteiger partial charge in [0, 0.05) is 36.4 Å². The van der Waals surface area contributed by atoms with Crippen LogP contribution in [0.25, 0.3) is 5.69 Å². The number of rotatable bonds is 5. The summed E-state index contributed by atoms with van der Waals surface area (Å²) in [4.78, 5) is 41.0. The number of fused-ring (bicyclic) bond motifs is 1. The van der Waals surface area contributed by atoms with Crippen molar-refractivity contribution in [3.63, 3.8) is 0 Å². The third-order valence-corrected chi connectivity index (χ3v) is 6.10. The van der Waals surface area contributed by atoms with E-state index in [1.807, 2.05) is 0 Å². The second kappa shape index (κ2) is 8.66. The summed E-state index contributed by atoms with van der Waals surface area (Å²) < 4.78 is 23.9. The van der Waals surface area contributed by atoms with E-state index < -0.39 is 18.3 Å². The molecule has 9 nitrogen and oxygen atoms in total. The molecular formula is C25H25N5O4. The number of carbonyl (C=O) groups excluding carboxylic acids is 3. The van der Waals surface area contributed by atoms with E-state index in [9.17, 15) is 14.4 Å². The molecule has 0 saturated carbocycles. The van der Waals surface area contributed by atoms with Gasteiger partial charge in [0.25, 0.3) is 11.8 Å². The van der Waals surface area contributed by atoms with Crippen LogP contribution in [0.5, 0.6) is 5.75 Å². The Morgan fingerprint density at radius 1 is 0.971 bits per heavy atom. The largest absolute Gasteiger partial charge is 0.497 e. The van der Waals surface area contributed by atoms with Crippen molar-refractivity contribution in [1.82, 2.24) is 9.78 Å². The SMILES string of the molecule is [2H]C1([2H])Cc2c(C(N)=O)nn(-c3ccc(OC)cc3)c2C(=O)N1c1ccc(N2CCCCC2=O)cc1. The van der Waals surface area contributed by atoms with Crippen molar-refractivity contribution in [3.8, 4) is 11.4 Å². The van der Waals surface area contributed by atoms with E-state index in [4.69, 9.17) is 13.2 Å². The van der Waals surface area contributed by atoms with E-state index in [2.05, 4.69) is 5.10 Å². The second-order valence-corrected chi connectivity index (χ2v) is 8.14. The third kappa shape index (κ3) is 3.68. The molecule has 9 heteroatoms. The lowest BCUT2D eigenvalue weighted by Crippen LogP contribution is -2.39. The molecule has 3 heterocycles. The minimum absolute atomic E-state index is 0.0467. The highest BCUT2D eigenvalue weighted by atomic mass is 16.5. The van der Waals surface area contributed by atoms with Gasteiger partial charge in [-0.15, -0.1) is 0 Å². The van der Waals surface area contributed by atoms with Gasteiger partial charge in [-0.25, -0.2) is 4.68 Å². The first-order valence-corrected chi connectivity index (χ1v) is 11.0. The molecule has 1 saturated heterocycles. The van der Waals surface area contributed by atoms with E-state index in [0.29, 0.717) is 35.8 Å². The van der Waals surface area contributed by atoms with E-state index in [-0.39, 0.29) is 29.3 Å². The first-order valence-electron chi connectivity index (χ1n) is 12.0. The molecule has 0 radical (unpaired) electrons. The molecular weight excluding hydrogens is 434 g/mol. The molecule has 1 fully saturated rings. The molecule has 34 heavy (non-hydrogen) atoms. The molecule has 3 amide bonds. The summed E-state index contributed by atoms with van der Waals surface area (Å²) in [6.07, 6.45) is 2.01. The minimum Gasteiger partial charge on any atom is -0.497 e. The normalized spacial score (nSPS) is 18.3. The predicted octanol–water partition coefficient (Wildman–Crippen LogP) is 2.70. The van der Waals surface area contributed by atoms with Crippen molar-refractivity contribution in [2.75, 3.05) is 30.0 Å². The number of primary amides is 1. The molecule has 3 aromatic rings. The maximum absolute atomic E-state index is 13.8. The van der Waals surface area contributed by atoms with Gasteiger partial charge < -0.3 is 20.3 Å². The van der Waals surface area contributed by atoms with Crippen LogP contribution < -0.4 is 20.3 Å². The number of aromatic nitrogens is 2. The summed E-state index contributed by atoms with van der Waals surface area (Å²) in [5.41, 5.74) is 7.16. The van der Waals surface area contributed by atoms with Crippen molar-refractivity contribution in [2.24, 2.45) is 5.73 Å². The Balaban J connectivity index is 1.57. The summed E-state index contributed by atoms with van der Waals surface area (Å²) in [5.74, 6) is -0.846. The second-order valence-electron chi connectivity index (χ2n) is 8.14. The Kier molecular flexibility index (Phi) is 4.93. The van der Waals surface area contributed by atoms with Gasteiger partial charge in [0.05, 0.1) is 15.5 Å². The number of benzene rings is 2. The first-order chi connectivity index (χ1) is 17.2. The molecule has 0 unspecified atom stereocenters.